The number of carbonyl (C=O) groups excluding carboxylic acids is 1. The van der Waals surface area contributed by atoms with Gasteiger partial charge in [0, 0.05) is 24.1 Å². The molecule has 0 aliphatic carbocycles. The molecule has 0 saturated heterocycles. The van der Waals surface area contributed by atoms with E-state index in [2.05, 4.69) is 10.6 Å². The van der Waals surface area contributed by atoms with Crippen molar-refractivity contribution >= 4 is 17.7 Å². The normalized spacial score (nSPS) is 12.8. The summed E-state index contributed by atoms with van der Waals surface area (Å²) in [7, 11) is 0. The molecule has 0 spiro atoms. The van der Waals surface area contributed by atoms with Crippen LogP contribution in [0.25, 0.3) is 0 Å². The third kappa shape index (κ3) is 8.28. The predicted molar refractivity (Wildman–Crippen MR) is 128 cm³/mol. The summed E-state index contributed by atoms with van der Waals surface area (Å²) in [4.78, 5) is 13.8. The summed E-state index contributed by atoms with van der Waals surface area (Å²) in [5.41, 5.74) is 2.27. The molecule has 1 amide bonds. The first-order valence-electron chi connectivity index (χ1n) is 10.7. The Balaban J connectivity index is 1.65. The molecule has 0 unspecified atom stereocenters. The molecule has 0 aromatic heterocycles. The van der Waals surface area contributed by atoms with Crippen LogP contribution in [-0.2, 0) is 24.2 Å². The van der Waals surface area contributed by atoms with Crippen molar-refractivity contribution in [3.05, 3.63) is 101 Å². The zero-order chi connectivity index (χ0) is 23.6. The van der Waals surface area contributed by atoms with Gasteiger partial charge in [0.05, 0.1) is 18.6 Å². The Hall–Kier alpha value is -2.74. The van der Waals surface area contributed by atoms with E-state index in [1.54, 1.807) is 11.8 Å². The van der Waals surface area contributed by atoms with Crippen molar-refractivity contribution < 1.29 is 18.7 Å². The Bertz CT molecular complexity index is 1010. The number of amides is 1. The van der Waals surface area contributed by atoms with Crippen LogP contribution in [0, 0.1) is 11.6 Å². The SMILES string of the molecule is CSc1ccc(CC(=O)N[C@@H](Cc2cc(F)cc(F)c2)[C@@H](O)CNCc2ccccc2)cc1. The molecule has 7 heteroatoms. The van der Waals surface area contributed by atoms with Gasteiger partial charge in [-0.05, 0) is 53.6 Å². The van der Waals surface area contributed by atoms with E-state index >= 15 is 0 Å². The Labute approximate surface area is 197 Å². The van der Waals surface area contributed by atoms with Crippen molar-refractivity contribution in [2.24, 2.45) is 0 Å². The third-order valence-corrected chi connectivity index (χ3v) is 5.98. The van der Waals surface area contributed by atoms with Crippen LogP contribution in [0.15, 0.2) is 77.7 Å². The van der Waals surface area contributed by atoms with Crippen molar-refractivity contribution in [2.45, 2.75) is 36.4 Å². The number of rotatable bonds is 11. The average molecular weight is 471 g/mol. The number of aliphatic hydroxyl groups excluding tert-OH is 1. The molecular weight excluding hydrogens is 442 g/mol. The number of hydrogen-bond donors (Lipinski definition) is 3. The van der Waals surface area contributed by atoms with Crippen molar-refractivity contribution in [1.82, 2.24) is 10.6 Å². The van der Waals surface area contributed by atoms with Crippen molar-refractivity contribution in [3.63, 3.8) is 0 Å². The van der Waals surface area contributed by atoms with Gasteiger partial charge in [-0.2, -0.15) is 0 Å². The molecule has 0 heterocycles. The largest absolute Gasteiger partial charge is 0.390 e. The quantitative estimate of drug-likeness (QED) is 0.369. The lowest BCUT2D eigenvalue weighted by Crippen LogP contribution is -2.49. The fourth-order valence-electron chi connectivity index (χ4n) is 3.56. The van der Waals surface area contributed by atoms with E-state index in [1.165, 1.54) is 12.1 Å². The molecule has 4 nitrogen and oxygen atoms in total. The molecule has 2 atom stereocenters. The number of thioether (sulfide) groups is 1. The minimum Gasteiger partial charge on any atom is -0.390 e. The summed E-state index contributed by atoms with van der Waals surface area (Å²) in [6, 6.07) is 19.9. The van der Waals surface area contributed by atoms with Gasteiger partial charge in [-0.25, -0.2) is 8.78 Å². The molecule has 0 fully saturated rings. The van der Waals surface area contributed by atoms with Gasteiger partial charge in [-0.1, -0.05) is 42.5 Å². The van der Waals surface area contributed by atoms with Gasteiger partial charge in [0.15, 0.2) is 0 Å². The minimum atomic E-state index is -0.956. The number of halogens is 2. The second-order valence-electron chi connectivity index (χ2n) is 7.86. The topological polar surface area (TPSA) is 61.4 Å². The molecule has 0 aliphatic rings. The molecule has 174 valence electrons. The van der Waals surface area contributed by atoms with Crippen LogP contribution in [0.5, 0.6) is 0 Å². The fraction of sp³-hybridized carbons (Fsp3) is 0.269. The molecule has 3 N–H and O–H groups in total. The number of aliphatic hydroxyl groups is 1. The van der Waals surface area contributed by atoms with Gasteiger partial charge >= 0.3 is 0 Å². The van der Waals surface area contributed by atoms with Gasteiger partial charge in [-0.15, -0.1) is 11.8 Å². The van der Waals surface area contributed by atoms with E-state index in [0.717, 1.165) is 22.1 Å². The molecule has 3 rings (SSSR count). The van der Waals surface area contributed by atoms with Gasteiger partial charge in [0.2, 0.25) is 5.91 Å². The van der Waals surface area contributed by atoms with Crippen molar-refractivity contribution in [3.8, 4) is 0 Å². The van der Waals surface area contributed by atoms with E-state index in [4.69, 9.17) is 0 Å². The lowest BCUT2D eigenvalue weighted by atomic mass is 10.00. The molecule has 0 radical (unpaired) electrons. The first-order valence-corrected chi connectivity index (χ1v) is 12.0. The molecular formula is C26H28F2N2O2S. The highest BCUT2D eigenvalue weighted by Crippen LogP contribution is 2.16. The van der Waals surface area contributed by atoms with E-state index < -0.39 is 23.8 Å². The van der Waals surface area contributed by atoms with Gasteiger partial charge < -0.3 is 15.7 Å². The van der Waals surface area contributed by atoms with Crippen molar-refractivity contribution in [1.29, 1.82) is 0 Å². The summed E-state index contributed by atoms with van der Waals surface area (Å²) in [6.45, 7) is 0.759. The standard InChI is InChI=1S/C26H28F2N2O2S/c1-33-23-9-7-18(8-10-23)14-26(32)30-24(13-20-11-21(27)15-22(28)12-20)25(31)17-29-16-19-5-3-2-4-6-19/h2-12,15,24-25,29,31H,13-14,16-17H2,1H3,(H,30,32)/t24-,25-/m0/s1. The number of benzene rings is 3. The van der Waals surface area contributed by atoms with Gasteiger partial charge in [-0.3, -0.25) is 4.79 Å². The first kappa shape index (κ1) is 24.9. The van der Waals surface area contributed by atoms with Crippen LogP contribution < -0.4 is 10.6 Å². The number of nitrogens with one attached hydrogen (secondary N) is 2. The maximum atomic E-state index is 13.7. The molecule has 3 aromatic carbocycles. The second kappa shape index (κ2) is 12.5. The van der Waals surface area contributed by atoms with Gasteiger partial charge in [0.25, 0.3) is 0 Å². The summed E-state index contributed by atoms with van der Waals surface area (Å²) < 4.78 is 27.4. The Kier molecular flexibility index (Phi) is 9.42. The predicted octanol–water partition coefficient (Wildman–Crippen LogP) is 4.11. The second-order valence-corrected chi connectivity index (χ2v) is 8.74. The zero-order valence-corrected chi connectivity index (χ0v) is 19.2. The van der Waals surface area contributed by atoms with Crippen LogP contribution in [0.2, 0.25) is 0 Å². The minimum absolute atomic E-state index is 0.0972. The molecule has 0 aliphatic heterocycles. The highest BCUT2D eigenvalue weighted by atomic mass is 32.2. The Morgan fingerprint density at radius 2 is 1.61 bits per heavy atom. The fourth-order valence-corrected chi connectivity index (χ4v) is 3.96. The van der Waals surface area contributed by atoms with Gasteiger partial charge in [0.1, 0.15) is 11.6 Å². The molecule has 0 bridgehead atoms. The van der Waals surface area contributed by atoms with Crippen molar-refractivity contribution in [2.75, 3.05) is 12.8 Å². The van der Waals surface area contributed by atoms with E-state index in [-0.39, 0.29) is 25.3 Å². The van der Waals surface area contributed by atoms with E-state index in [1.807, 2.05) is 60.9 Å². The van der Waals surface area contributed by atoms with Crippen LogP contribution in [0.4, 0.5) is 8.78 Å². The highest BCUT2D eigenvalue weighted by Gasteiger charge is 2.22. The smallest absolute Gasteiger partial charge is 0.224 e. The zero-order valence-electron chi connectivity index (χ0n) is 18.4. The number of hydrogen-bond acceptors (Lipinski definition) is 4. The molecule has 0 saturated carbocycles. The summed E-state index contributed by atoms with van der Waals surface area (Å²) in [5, 5.41) is 16.8. The van der Waals surface area contributed by atoms with Crippen LogP contribution in [0.1, 0.15) is 16.7 Å². The highest BCUT2D eigenvalue weighted by molar-refractivity contribution is 7.98. The Morgan fingerprint density at radius 3 is 2.24 bits per heavy atom. The average Bonchev–Trinajstić information content (AvgIpc) is 2.79. The third-order valence-electron chi connectivity index (χ3n) is 5.24. The first-order chi connectivity index (χ1) is 15.9. The lowest BCUT2D eigenvalue weighted by Gasteiger charge is -2.25. The summed E-state index contributed by atoms with van der Waals surface area (Å²) in [6.07, 6.45) is 1.27. The number of carbonyl (C=O) groups is 1. The van der Waals surface area contributed by atoms with E-state index in [9.17, 15) is 18.7 Å². The van der Waals surface area contributed by atoms with Crippen LogP contribution >= 0.6 is 11.8 Å². The maximum absolute atomic E-state index is 13.7. The molecule has 3 aromatic rings. The monoisotopic (exact) mass is 470 g/mol. The summed E-state index contributed by atoms with van der Waals surface area (Å²) in [5.74, 6) is -1.66. The lowest BCUT2D eigenvalue weighted by molar-refractivity contribution is -0.122. The van der Waals surface area contributed by atoms with Crippen LogP contribution in [-0.4, -0.2) is 36.0 Å². The maximum Gasteiger partial charge on any atom is 0.224 e. The summed E-state index contributed by atoms with van der Waals surface area (Å²) >= 11 is 1.62. The Morgan fingerprint density at radius 1 is 0.939 bits per heavy atom. The van der Waals surface area contributed by atoms with E-state index in [0.29, 0.717) is 12.1 Å². The van der Waals surface area contributed by atoms with Crippen LogP contribution in [0.3, 0.4) is 0 Å². The molecule has 33 heavy (non-hydrogen) atoms.